The first kappa shape index (κ1) is 8.72. The van der Waals surface area contributed by atoms with Crippen molar-refractivity contribution in [1.82, 2.24) is 4.90 Å². The fraction of sp³-hybridized carbons (Fsp3) is 0.889. The molecule has 1 rings (SSSR count). The van der Waals surface area contributed by atoms with Gasteiger partial charge in [0, 0.05) is 24.9 Å². The Labute approximate surface area is 68.6 Å². The molecule has 1 saturated heterocycles. The monoisotopic (exact) mass is 155 g/mol. The second-order valence-electron chi connectivity index (χ2n) is 3.56. The summed E-state index contributed by atoms with van der Waals surface area (Å²) in [5.41, 5.74) is 0. The largest absolute Gasteiger partial charge is 0.303 e. The van der Waals surface area contributed by atoms with E-state index in [0.717, 1.165) is 19.4 Å². The topological polar surface area (TPSA) is 20.3 Å². The maximum atomic E-state index is 11.4. The molecule has 1 heterocycles. The van der Waals surface area contributed by atoms with Gasteiger partial charge in [-0.25, -0.2) is 0 Å². The molecule has 0 aromatic rings. The zero-order chi connectivity index (χ0) is 8.43. The van der Waals surface area contributed by atoms with Crippen molar-refractivity contribution in [2.75, 3.05) is 13.6 Å². The van der Waals surface area contributed by atoms with E-state index in [1.165, 1.54) is 0 Å². The second-order valence-corrected chi connectivity index (χ2v) is 3.56. The number of nitrogens with zero attached hydrogens (tertiary/aromatic N) is 1. The van der Waals surface area contributed by atoms with Crippen LogP contribution in [0.15, 0.2) is 0 Å². The number of likely N-dealkylation sites (tertiary alicyclic amines) is 1. The number of hydrogen-bond acceptors (Lipinski definition) is 2. The number of rotatable bonds is 1. The molecule has 11 heavy (non-hydrogen) atoms. The maximum Gasteiger partial charge on any atom is 0.138 e. The molecule has 1 aliphatic rings. The van der Waals surface area contributed by atoms with Crippen LogP contribution in [0.1, 0.15) is 26.7 Å². The minimum atomic E-state index is 0.302. The highest BCUT2D eigenvalue weighted by Gasteiger charge is 2.27. The fourth-order valence-electron chi connectivity index (χ4n) is 1.60. The predicted molar refractivity (Wildman–Crippen MR) is 45.5 cm³/mol. The summed E-state index contributed by atoms with van der Waals surface area (Å²) in [6.07, 6.45) is 1.74. The van der Waals surface area contributed by atoms with E-state index in [2.05, 4.69) is 25.8 Å². The molecule has 0 amide bonds. The van der Waals surface area contributed by atoms with Gasteiger partial charge in [-0.1, -0.05) is 6.92 Å². The van der Waals surface area contributed by atoms with Gasteiger partial charge in [-0.05, 0) is 20.4 Å². The molecular weight excluding hydrogens is 138 g/mol. The van der Waals surface area contributed by atoms with E-state index in [0.29, 0.717) is 17.7 Å². The maximum absolute atomic E-state index is 11.4. The van der Waals surface area contributed by atoms with Gasteiger partial charge in [0.2, 0.25) is 0 Å². The van der Waals surface area contributed by atoms with Crippen LogP contribution in [-0.2, 0) is 4.79 Å². The summed E-state index contributed by atoms with van der Waals surface area (Å²) in [6, 6.07) is 0.449. The van der Waals surface area contributed by atoms with Crippen LogP contribution in [0.25, 0.3) is 0 Å². The highest BCUT2D eigenvalue weighted by atomic mass is 16.1. The summed E-state index contributed by atoms with van der Waals surface area (Å²) in [7, 11) is 2.10. The highest BCUT2D eigenvalue weighted by molar-refractivity contribution is 5.82. The van der Waals surface area contributed by atoms with Crippen LogP contribution in [0, 0.1) is 5.92 Å². The lowest BCUT2D eigenvalue weighted by Gasteiger charge is -2.33. The van der Waals surface area contributed by atoms with Crippen molar-refractivity contribution >= 4 is 5.78 Å². The smallest absolute Gasteiger partial charge is 0.138 e. The van der Waals surface area contributed by atoms with E-state index >= 15 is 0 Å². The minimum absolute atomic E-state index is 0.302. The normalized spacial score (nSPS) is 34.3. The Morgan fingerprint density at radius 2 is 2.27 bits per heavy atom. The molecule has 0 bridgehead atoms. The zero-order valence-corrected chi connectivity index (χ0v) is 7.63. The van der Waals surface area contributed by atoms with Gasteiger partial charge in [0.25, 0.3) is 0 Å². The van der Waals surface area contributed by atoms with E-state index in [9.17, 15) is 4.79 Å². The van der Waals surface area contributed by atoms with Crippen molar-refractivity contribution < 1.29 is 4.79 Å². The van der Waals surface area contributed by atoms with Gasteiger partial charge < -0.3 is 4.90 Å². The van der Waals surface area contributed by atoms with E-state index in [1.807, 2.05) is 0 Å². The minimum Gasteiger partial charge on any atom is -0.303 e. The molecule has 1 fully saturated rings. The quantitative estimate of drug-likeness (QED) is 0.569. The number of hydrogen-bond donors (Lipinski definition) is 0. The Morgan fingerprint density at radius 1 is 1.64 bits per heavy atom. The Morgan fingerprint density at radius 3 is 2.82 bits per heavy atom. The van der Waals surface area contributed by atoms with Crippen LogP contribution in [0.3, 0.4) is 0 Å². The van der Waals surface area contributed by atoms with Gasteiger partial charge in [-0.3, -0.25) is 4.79 Å². The molecule has 0 radical (unpaired) electrons. The molecule has 2 heteroatoms. The van der Waals surface area contributed by atoms with Crippen LogP contribution in [0.4, 0.5) is 0 Å². The third-order valence-electron chi connectivity index (χ3n) is 2.71. The Kier molecular flexibility index (Phi) is 2.66. The van der Waals surface area contributed by atoms with Gasteiger partial charge in [0.1, 0.15) is 5.78 Å². The van der Waals surface area contributed by atoms with E-state index in [4.69, 9.17) is 0 Å². The predicted octanol–water partition coefficient (Wildman–Crippen LogP) is 1.31. The molecule has 2 nitrogen and oxygen atoms in total. The summed E-state index contributed by atoms with van der Waals surface area (Å²) < 4.78 is 0. The lowest BCUT2D eigenvalue weighted by molar-refractivity contribution is -0.127. The molecule has 0 spiro atoms. The molecule has 0 N–H and O–H groups in total. The lowest BCUT2D eigenvalue weighted by atomic mass is 9.91. The first-order valence-corrected chi connectivity index (χ1v) is 4.38. The van der Waals surface area contributed by atoms with Crippen LogP contribution < -0.4 is 0 Å². The van der Waals surface area contributed by atoms with Gasteiger partial charge in [0.15, 0.2) is 0 Å². The number of Topliss-reactive ketones (excluding diaryl/α,β-unsaturated/α-hetero) is 1. The average Bonchev–Trinajstić information content (AvgIpc) is 1.97. The molecule has 0 aliphatic carbocycles. The fourth-order valence-corrected chi connectivity index (χ4v) is 1.60. The van der Waals surface area contributed by atoms with Crippen molar-refractivity contribution in [2.24, 2.45) is 5.92 Å². The zero-order valence-electron chi connectivity index (χ0n) is 7.63. The standard InChI is InChI=1S/C9H17NO/c1-4-8-6-10(3)7(2)5-9(8)11/h7-8H,4-6H2,1-3H3/t7-,8+/m0/s1. The van der Waals surface area contributed by atoms with Gasteiger partial charge >= 0.3 is 0 Å². The number of carbonyl (C=O) groups is 1. The van der Waals surface area contributed by atoms with E-state index < -0.39 is 0 Å². The van der Waals surface area contributed by atoms with Gasteiger partial charge in [-0.2, -0.15) is 0 Å². The highest BCUT2D eigenvalue weighted by Crippen LogP contribution is 2.18. The number of carbonyl (C=O) groups excluding carboxylic acids is 1. The van der Waals surface area contributed by atoms with Gasteiger partial charge in [0.05, 0.1) is 0 Å². The second kappa shape index (κ2) is 3.35. The summed E-state index contributed by atoms with van der Waals surface area (Å²) in [4.78, 5) is 13.6. The molecule has 0 saturated carbocycles. The number of piperidine rings is 1. The van der Waals surface area contributed by atoms with Crippen LogP contribution >= 0.6 is 0 Å². The summed E-state index contributed by atoms with van der Waals surface area (Å²) in [5, 5.41) is 0. The molecule has 64 valence electrons. The molecular formula is C9H17NO. The third-order valence-corrected chi connectivity index (χ3v) is 2.71. The molecule has 0 unspecified atom stereocenters. The summed E-state index contributed by atoms with van der Waals surface area (Å²) in [5.74, 6) is 0.759. The summed E-state index contributed by atoms with van der Waals surface area (Å²) in [6.45, 7) is 5.16. The van der Waals surface area contributed by atoms with Crippen molar-refractivity contribution in [1.29, 1.82) is 0 Å². The number of ketones is 1. The SMILES string of the molecule is CC[C@@H]1CN(C)[C@@H](C)CC1=O. The van der Waals surface area contributed by atoms with Crippen molar-refractivity contribution in [3.05, 3.63) is 0 Å². The van der Waals surface area contributed by atoms with E-state index in [-0.39, 0.29) is 0 Å². The first-order valence-electron chi connectivity index (χ1n) is 4.38. The van der Waals surface area contributed by atoms with Crippen LogP contribution in [0.5, 0.6) is 0 Å². The van der Waals surface area contributed by atoms with Crippen LogP contribution in [-0.4, -0.2) is 30.3 Å². The lowest BCUT2D eigenvalue weighted by Crippen LogP contribution is -2.43. The Hall–Kier alpha value is -0.370. The third kappa shape index (κ3) is 1.80. The molecule has 0 aromatic carbocycles. The Bertz CT molecular complexity index is 156. The van der Waals surface area contributed by atoms with Crippen molar-refractivity contribution in [2.45, 2.75) is 32.7 Å². The first-order chi connectivity index (χ1) is 5.15. The van der Waals surface area contributed by atoms with E-state index in [1.54, 1.807) is 0 Å². The Balaban J connectivity index is 2.55. The average molecular weight is 155 g/mol. The molecule has 1 aliphatic heterocycles. The van der Waals surface area contributed by atoms with Crippen LogP contribution in [0.2, 0.25) is 0 Å². The van der Waals surface area contributed by atoms with Gasteiger partial charge in [-0.15, -0.1) is 0 Å². The van der Waals surface area contributed by atoms with Crippen molar-refractivity contribution in [3.63, 3.8) is 0 Å². The van der Waals surface area contributed by atoms with Crippen molar-refractivity contribution in [3.8, 4) is 0 Å². The molecule has 2 atom stereocenters. The molecule has 0 aromatic heterocycles. The summed E-state index contributed by atoms with van der Waals surface area (Å²) >= 11 is 0.